The van der Waals surface area contributed by atoms with Crippen LogP contribution in [0, 0.1) is 6.92 Å². The summed E-state index contributed by atoms with van der Waals surface area (Å²) in [6, 6.07) is 19.3. The molecule has 3 aromatic carbocycles. The minimum atomic E-state index is -4.09. The lowest BCUT2D eigenvalue weighted by Gasteiger charge is -2.37. The lowest BCUT2D eigenvalue weighted by molar-refractivity contribution is -0.129. The Balaban J connectivity index is 1.54. The topological polar surface area (TPSA) is 88.6 Å². The molecule has 0 unspecified atom stereocenters. The predicted molar refractivity (Wildman–Crippen MR) is 147 cm³/mol. The Morgan fingerprint density at radius 1 is 0.816 bits per heavy atom. The van der Waals surface area contributed by atoms with Crippen LogP contribution in [-0.4, -0.2) is 73.3 Å². The lowest BCUT2D eigenvalue weighted by Crippen LogP contribution is -2.52. The third-order valence-corrected chi connectivity index (χ3v) is 8.38. The van der Waals surface area contributed by atoms with Crippen molar-refractivity contribution in [1.82, 2.24) is 4.90 Å². The zero-order valence-electron chi connectivity index (χ0n) is 22.1. The quantitative estimate of drug-likeness (QED) is 0.411. The van der Waals surface area contributed by atoms with Crippen molar-refractivity contribution in [3.05, 3.63) is 72.3 Å². The van der Waals surface area contributed by atoms with Crippen LogP contribution >= 0.6 is 0 Å². The fourth-order valence-corrected chi connectivity index (χ4v) is 5.79. The maximum absolute atomic E-state index is 13.8. The number of rotatable bonds is 9. The Bertz CT molecular complexity index is 1350. The molecule has 1 aliphatic heterocycles. The normalized spacial score (nSPS) is 13.7. The van der Waals surface area contributed by atoms with Gasteiger partial charge in [0.1, 0.15) is 12.3 Å². The van der Waals surface area contributed by atoms with Gasteiger partial charge in [0.2, 0.25) is 5.91 Å². The van der Waals surface area contributed by atoms with Crippen molar-refractivity contribution in [2.45, 2.75) is 11.8 Å². The summed E-state index contributed by atoms with van der Waals surface area (Å²) in [5, 5.41) is 0. The van der Waals surface area contributed by atoms with Crippen LogP contribution in [0.25, 0.3) is 0 Å². The minimum Gasteiger partial charge on any atom is -0.497 e. The molecule has 1 fully saturated rings. The summed E-state index contributed by atoms with van der Waals surface area (Å²) in [7, 11) is 0.468. The molecule has 0 aromatic heterocycles. The third-order valence-electron chi connectivity index (χ3n) is 6.61. The van der Waals surface area contributed by atoms with Gasteiger partial charge in [0.25, 0.3) is 10.0 Å². The Kier molecular flexibility index (Phi) is 8.31. The van der Waals surface area contributed by atoms with Crippen LogP contribution < -0.4 is 23.4 Å². The second-order valence-corrected chi connectivity index (χ2v) is 10.8. The lowest BCUT2D eigenvalue weighted by atomic mass is 10.2. The first kappa shape index (κ1) is 27.1. The highest BCUT2D eigenvalue weighted by atomic mass is 32.2. The van der Waals surface area contributed by atoms with Crippen molar-refractivity contribution in [3.8, 4) is 17.2 Å². The molecule has 0 aliphatic carbocycles. The number of aryl methyl sites for hydroxylation is 1. The van der Waals surface area contributed by atoms with Gasteiger partial charge >= 0.3 is 0 Å². The SMILES string of the molecule is COc1ccc(N2CCN(C(=O)CN(c3ccc(C)cc3)S(=O)(=O)c3ccc(OC)c(OC)c3)CC2)cc1. The van der Waals surface area contributed by atoms with E-state index in [4.69, 9.17) is 14.2 Å². The number of anilines is 2. The molecule has 1 saturated heterocycles. The van der Waals surface area contributed by atoms with Gasteiger partial charge in [-0.1, -0.05) is 17.7 Å². The molecule has 9 nitrogen and oxygen atoms in total. The van der Waals surface area contributed by atoms with Crippen LogP contribution in [0.1, 0.15) is 5.56 Å². The number of benzene rings is 3. The van der Waals surface area contributed by atoms with Crippen LogP contribution in [0.5, 0.6) is 17.2 Å². The van der Waals surface area contributed by atoms with Crippen molar-refractivity contribution in [3.63, 3.8) is 0 Å². The second-order valence-electron chi connectivity index (χ2n) is 8.93. The molecule has 0 spiro atoms. The fraction of sp³-hybridized carbons (Fsp3) is 0.321. The summed E-state index contributed by atoms with van der Waals surface area (Å²) in [5.41, 5.74) is 2.45. The number of amides is 1. The molecule has 4 rings (SSSR count). The highest BCUT2D eigenvalue weighted by Crippen LogP contribution is 2.32. The predicted octanol–water partition coefficient (Wildman–Crippen LogP) is 3.56. The van der Waals surface area contributed by atoms with Crippen molar-refractivity contribution in [1.29, 1.82) is 0 Å². The Labute approximate surface area is 224 Å². The molecule has 0 radical (unpaired) electrons. The standard InChI is InChI=1S/C28H33N3O6S/c1-21-5-7-23(8-6-21)31(38(33,34)25-13-14-26(36-3)27(19-25)37-4)20-28(32)30-17-15-29(16-18-30)22-9-11-24(35-2)12-10-22/h5-14,19H,15-18,20H2,1-4H3. The van der Waals surface area contributed by atoms with Crippen molar-refractivity contribution in [2.75, 3.05) is 63.3 Å². The molecule has 1 aliphatic rings. The highest BCUT2D eigenvalue weighted by molar-refractivity contribution is 7.92. The number of ether oxygens (including phenoxy) is 3. The fourth-order valence-electron chi connectivity index (χ4n) is 4.36. The van der Waals surface area contributed by atoms with Crippen molar-refractivity contribution >= 4 is 27.3 Å². The van der Waals surface area contributed by atoms with E-state index in [-0.39, 0.29) is 17.3 Å². The number of sulfonamides is 1. The molecule has 202 valence electrons. The van der Waals surface area contributed by atoms with E-state index >= 15 is 0 Å². The van der Waals surface area contributed by atoms with Gasteiger partial charge in [-0.2, -0.15) is 0 Å². The zero-order valence-corrected chi connectivity index (χ0v) is 22.9. The van der Waals surface area contributed by atoms with Gasteiger partial charge in [0.05, 0.1) is 31.9 Å². The molecular formula is C28H33N3O6S. The van der Waals surface area contributed by atoms with Crippen LogP contribution in [-0.2, 0) is 14.8 Å². The average Bonchev–Trinajstić information content (AvgIpc) is 2.96. The molecule has 0 N–H and O–H groups in total. The zero-order chi connectivity index (χ0) is 27.3. The smallest absolute Gasteiger partial charge is 0.264 e. The summed E-state index contributed by atoms with van der Waals surface area (Å²) in [4.78, 5) is 17.3. The van der Waals surface area contributed by atoms with E-state index in [9.17, 15) is 13.2 Å². The Hall–Kier alpha value is -3.92. The summed E-state index contributed by atoms with van der Waals surface area (Å²) < 4.78 is 44.6. The Morgan fingerprint density at radius 3 is 2.03 bits per heavy atom. The van der Waals surface area contributed by atoms with E-state index in [1.165, 1.54) is 26.4 Å². The first-order valence-corrected chi connectivity index (χ1v) is 13.7. The second kappa shape index (κ2) is 11.6. The highest BCUT2D eigenvalue weighted by Gasteiger charge is 2.31. The van der Waals surface area contributed by atoms with E-state index in [1.807, 2.05) is 43.3 Å². The molecule has 1 amide bonds. The van der Waals surface area contributed by atoms with E-state index in [0.717, 1.165) is 21.3 Å². The van der Waals surface area contributed by atoms with Crippen LogP contribution in [0.4, 0.5) is 11.4 Å². The number of carbonyl (C=O) groups excluding carboxylic acids is 1. The number of methoxy groups -OCH3 is 3. The van der Waals surface area contributed by atoms with Crippen LogP contribution in [0.2, 0.25) is 0 Å². The summed E-state index contributed by atoms with van der Waals surface area (Å²) in [6.07, 6.45) is 0. The first-order chi connectivity index (χ1) is 18.3. The van der Waals surface area contributed by atoms with E-state index in [2.05, 4.69) is 4.90 Å². The van der Waals surface area contributed by atoms with Gasteiger partial charge in [0, 0.05) is 37.9 Å². The Morgan fingerprint density at radius 2 is 1.45 bits per heavy atom. The number of piperazine rings is 1. The van der Waals surface area contributed by atoms with Gasteiger partial charge in [-0.15, -0.1) is 0 Å². The molecular weight excluding hydrogens is 506 g/mol. The van der Waals surface area contributed by atoms with Crippen LogP contribution in [0.15, 0.2) is 71.6 Å². The molecule has 1 heterocycles. The van der Waals surface area contributed by atoms with E-state index < -0.39 is 10.0 Å². The van der Waals surface area contributed by atoms with Gasteiger partial charge in [0.15, 0.2) is 11.5 Å². The third kappa shape index (κ3) is 5.80. The number of hydrogen-bond donors (Lipinski definition) is 0. The number of carbonyl (C=O) groups is 1. The van der Waals surface area contributed by atoms with Crippen LogP contribution in [0.3, 0.4) is 0 Å². The molecule has 38 heavy (non-hydrogen) atoms. The van der Waals surface area contributed by atoms with Gasteiger partial charge in [-0.05, 0) is 55.5 Å². The van der Waals surface area contributed by atoms with Gasteiger partial charge in [-0.3, -0.25) is 9.10 Å². The summed E-state index contributed by atoms with van der Waals surface area (Å²) >= 11 is 0. The molecule has 0 atom stereocenters. The van der Waals surface area contributed by atoms with E-state index in [1.54, 1.807) is 30.2 Å². The van der Waals surface area contributed by atoms with Crippen molar-refractivity contribution < 1.29 is 27.4 Å². The molecule has 0 bridgehead atoms. The maximum atomic E-state index is 13.8. The average molecular weight is 540 g/mol. The van der Waals surface area contributed by atoms with Gasteiger partial charge < -0.3 is 24.0 Å². The monoisotopic (exact) mass is 539 g/mol. The molecule has 3 aromatic rings. The summed E-state index contributed by atoms with van der Waals surface area (Å²) in [5.74, 6) is 1.23. The molecule has 10 heteroatoms. The number of hydrogen-bond acceptors (Lipinski definition) is 7. The summed E-state index contributed by atoms with van der Waals surface area (Å²) in [6.45, 7) is 3.87. The first-order valence-electron chi connectivity index (χ1n) is 12.2. The number of nitrogens with zero attached hydrogens (tertiary/aromatic N) is 3. The minimum absolute atomic E-state index is 0.00727. The maximum Gasteiger partial charge on any atom is 0.264 e. The van der Waals surface area contributed by atoms with Crippen molar-refractivity contribution in [2.24, 2.45) is 0 Å². The molecule has 0 saturated carbocycles. The van der Waals surface area contributed by atoms with E-state index in [0.29, 0.717) is 43.4 Å². The largest absolute Gasteiger partial charge is 0.497 e. The van der Waals surface area contributed by atoms with Gasteiger partial charge in [-0.25, -0.2) is 8.42 Å².